The number of rotatable bonds is 7. The summed E-state index contributed by atoms with van der Waals surface area (Å²) in [6, 6.07) is 7.81. The molecule has 1 aromatic rings. The van der Waals surface area contributed by atoms with Crippen molar-refractivity contribution in [2.24, 2.45) is 5.92 Å². The minimum absolute atomic E-state index is 0.0112. The molecule has 1 fully saturated rings. The molecule has 1 atom stereocenters. The molecule has 1 saturated heterocycles. The van der Waals surface area contributed by atoms with E-state index in [9.17, 15) is 9.59 Å². The monoisotopic (exact) mass is 318 g/mol. The van der Waals surface area contributed by atoms with Crippen LogP contribution in [0.4, 0.5) is 5.69 Å². The zero-order valence-corrected chi connectivity index (χ0v) is 14.2. The van der Waals surface area contributed by atoms with Gasteiger partial charge in [-0.2, -0.15) is 0 Å². The lowest BCUT2D eigenvalue weighted by atomic mass is 10.1. The maximum absolute atomic E-state index is 12.2. The van der Waals surface area contributed by atoms with E-state index >= 15 is 0 Å². The van der Waals surface area contributed by atoms with Crippen LogP contribution in [-0.2, 0) is 14.3 Å². The third-order valence-electron chi connectivity index (χ3n) is 3.91. The van der Waals surface area contributed by atoms with E-state index in [1.54, 1.807) is 4.90 Å². The predicted molar refractivity (Wildman–Crippen MR) is 90.4 cm³/mol. The summed E-state index contributed by atoms with van der Waals surface area (Å²) in [5, 5.41) is 2.90. The number of aryl methyl sites for hydroxylation is 1. The Hall–Kier alpha value is -1.88. The second kappa shape index (κ2) is 8.11. The summed E-state index contributed by atoms with van der Waals surface area (Å²) in [6.45, 7) is 7.66. The molecule has 0 bridgehead atoms. The normalized spacial score (nSPS) is 17.8. The summed E-state index contributed by atoms with van der Waals surface area (Å²) in [5.41, 5.74) is 2.01. The van der Waals surface area contributed by atoms with Crippen LogP contribution in [0.5, 0.6) is 0 Å². The summed E-state index contributed by atoms with van der Waals surface area (Å²) in [5.74, 6) is -0.301. The van der Waals surface area contributed by atoms with Crippen molar-refractivity contribution < 1.29 is 14.3 Å². The van der Waals surface area contributed by atoms with Gasteiger partial charge in [-0.1, -0.05) is 17.7 Å². The lowest BCUT2D eigenvalue weighted by molar-refractivity contribution is -0.126. The van der Waals surface area contributed by atoms with E-state index in [0.29, 0.717) is 19.7 Å². The van der Waals surface area contributed by atoms with Crippen LogP contribution in [0.15, 0.2) is 24.3 Å². The second-order valence-corrected chi connectivity index (χ2v) is 6.31. The number of hydrogen-bond donors (Lipinski definition) is 1. The molecule has 0 spiro atoms. The van der Waals surface area contributed by atoms with Gasteiger partial charge in [0, 0.05) is 31.8 Å². The van der Waals surface area contributed by atoms with Crippen molar-refractivity contribution in [2.45, 2.75) is 39.7 Å². The topological polar surface area (TPSA) is 58.6 Å². The van der Waals surface area contributed by atoms with Gasteiger partial charge in [0.05, 0.1) is 12.0 Å². The molecule has 1 N–H and O–H groups in total. The van der Waals surface area contributed by atoms with Gasteiger partial charge in [-0.3, -0.25) is 9.59 Å². The fraction of sp³-hybridized carbons (Fsp3) is 0.556. The quantitative estimate of drug-likeness (QED) is 0.785. The fourth-order valence-corrected chi connectivity index (χ4v) is 2.60. The number of amides is 2. The van der Waals surface area contributed by atoms with Gasteiger partial charge in [0.2, 0.25) is 11.8 Å². The van der Waals surface area contributed by atoms with Crippen LogP contribution >= 0.6 is 0 Å². The van der Waals surface area contributed by atoms with Gasteiger partial charge in [0.1, 0.15) is 0 Å². The van der Waals surface area contributed by atoms with E-state index in [1.807, 2.05) is 45.0 Å². The zero-order valence-electron chi connectivity index (χ0n) is 14.2. The zero-order chi connectivity index (χ0) is 16.8. The number of nitrogens with one attached hydrogen (secondary N) is 1. The maximum atomic E-state index is 12.2. The molecule has 0 radical (unpaired) electrons. The van der Waals surface area contributed by atoms with Crippen LogP contribution in [0, 0.1) is 12.8 Å². The SMILES string of the molecule is Cc1ccc(N2C[C@@H](C(=O)NCCCOC(C)C)CC2=O)cc1. The Kier molecular flexibility index (Phi) is 6.16. The average Bonchev–Trinajstić information content (AvgIpc) is 2.89. The molecule has 1 aliphatic heterocycles. The third-order valence-corrected chi connectivity index (χ3v) is 3.91. The fourth-order valence-electron chi connectivity index (χ4n) is 2.60. The number of hydrogen-bond acceptors (Lipinski definition) is 3. The number of carbonyl (C=O) groups is 2. The molecule has 1 aliphatic rings. The Morgan fingerprint density at radius 2 is 2.04 bits per heavy atom. The molecule has 126 valence electrons. The van der Waals surface area contributed by atoms with E-state index in [0.717, 1.165) is 17.7 Å². The minimum Gasteiger partial charge on any atom is -0.379 e. The minimum atomic E-state index is -0.269. The second-order valence-electron chi connectivity index (χ2n) is 6.31. The van der Waals surface area contributed by atoms with Gasteiger partial charge in [0.25, 0.3) is 0 Å². The molecule has 2 rings (SSSR count). The van der Waals surface area contributed by atoms with E-state index in [-0.39, 0.29) is 30.3 Å². The Labute approximate surface area is 138 Å². The maximum Gasteiger partial charge on any atom is 0.227 e. The number of ether oxygens (including phenoxy) is 1. The van der Waals surface area contributed by atoms with Crippen LogP contribution in [0.1, 0.15) is 32.3 Å². The lowest BCUT2D eigenvalue weighted by Gasteiger charge is -2.17. The molecule has 5 nitrogen and oxygen atoms in total. The van der Waals surface area contributed by atoms with Crippen molar-refractivity contribution in [1.82, 2.24) is 5.32 Å². The highest BCUT2D eigenvalue weighted by atomic mass is 16.5. The van der Waals surface area contributed by atoms with Gasteiger partial charge in [0.15, 0.2) is 0 Å². The molecule has 2 amide bonds. The van der Waals surface area contributed by atoms with E-state index in [1.165, 1.54) is 0 Å². The average molecular weight is 318 g/mol. The molecular weight excluding hydrogens is 292 g/mol. The highest BCUT2D eigenvalue weighted by Gasteiger charge is 2.34. The Morgan fingerprint density at radius 3 is 2.70 bits per heavy atom. The van der Waals surface area contributed by atoms with Crippen molar-refractivity contribution in [3.63, 3.8) is 0 Å². The number of benzene rings is 1. The first kappa shape index (κ1) is 17.5. The molecule has 23 heavy (non-hydrogen) atoms. The van der Waals surface area contributed by atoms with Crippen molar-refractivity contribution in [3.8, 4) is 0 Å². The number of carbonyl (C=O) groups excluding carboxylic acids is 2. The summed E-state index contributed by atoms with van der Waals surface area (Å²) in [7, 11) is 0. The summed E-state index contributed by atoms with van der Waals surface area (Å²) in [4.78, 5) is 26.0. The van der Waals surface area contributed by atoms with Gasteiger partial charge < -0.3 is 15.0 Å². The third kappa shape index (κ3) is 5.06. The van der Waals surface area contributed by atoms with Crippen molar-refractivity contribution in [1.29, 1.82) is 0 Å². The van der Waals surface area contributed by atoms with Gasteiger partial charge in [-0.05, 0) is 39.3 Å². The highest BCUT2D eigenvalue weighted by molar-refractivity contribution is 6.00. The summed E-state index contributed by atoms with van der Waals surface area (Å²) in [6.07, 6.45) is 1.27. The van der Waals surface area contributed by atoms with Gasteiger partial charge in [-0.25, -0.2) is 0 Å². The Balaban J connectivity index is 1.80. The largest absolute Gasteiger partial charge is 0.379 e. The van der Waals surface area contributed by atoms with Crippen molar-refractivity contribution in [3.05, 3.63) is 29.8 Å². The van der Waals surface area contributed by atoms with Crippen LogP contribution in [0.3, 0.4) is 0 Å². The van der Waals surface area contributed by atoms with E-state index in [4.69, 9.17) is 4.74 Å². The first-order valence-electron chi connectivity index (χ1n) is 8.23. The molecule has 0 aliphatic carbocycles. The first-order chi connectivity index (χ1) is 11.0. The Bertz CT molecular complexity index is 540. The van der Waals surface area contributed by atoms with Gasteiger partial charge in [-0.15, -0.1) is 0 Å². The molecule has 1 heterocycles. The number of nitrogens with zero attached hydrogens (tertiary/aromatic N) is 1. The van der Waals surface area contributed by atoms with E-state index in [2.05, 4.69) is 5.32 Å². The first-order valence-corrected chi connectivity index (χ1v) is 8.23. The molecule has 0 saturated carbocycles. The van der Waals surface area contributed by atoms with E-state index < -0.39 is 0 Å². The standard InChI is InChI=1S/C18H26N2O3/c1-13(2)23-10-4-9-19-18(22)15-11-17(21)20(12-15)16-7-5-14(3)6-8-16/h5-8,13,15H,4,9-12H2,1-3H3,(H,19,22)/t15-/m0/s1. The lowest BCUT2D eigenvalue weighted by Crippen LogP contribution is -2.34. The molecular formula is C18H26N2O3. The predicted octanol–water partition coefficient (Wildman–Crippen LogP) is 2.28. The highest BCUT2D eigenvalue weighted by Crippen LogP contribution is 2.25. The van der Waals surface area contributed by atoms with Crippen LogP contribution in [-0.4, -0.2) is 37.6 Å². The smallest absolute Gasteiger partial charge is 0.227 e. The van der Waals surface area contributed by atoms with Crippen molar-refractivity contribution >= 4 is 17.5 Å². The van der Waals surface area contributed by atoms with Gasteiger partial charge >= 0.3 is 0 Å². The molecule has 1 aromatic carbocycles. The molecule has 5 heteroatoms. The van der Waals surface area contributed by atoms with Crippen molar-refractivity contribution in [2.75, 3.05) is 24.6 Å². The summed E-state index contributed by atoms with van der Waals surface area (Å²) >= 11 is 0. The van der Waals surface area contributed by atoms with Crippen LogP contribution in [0.25, 0.3) is 0 Å². The molecule has 0 unspecified atom stereocenters. The number of anilines is 1. The molecule has 0 aromatic heterocycles. The van der Waals surface area contributed by atoms with Crippen LogP contribution < -0.4 is 10.2 Å². The Morgan fingerprint density at radius 1 is 1.35 bits per heavy atom. The van der Waals surface area contributed by atoms with Crippen LogP contribution in [0.2, 0.25) is 0 Å². The summed E-state index contributed by atoms with van der Waals surface area (Å²) < 4.78 is 5.44.